The Hall–Kier alpha value is -0.900. The van der Waals surface area contributed by atoms with Gasteiger partial charge in [0.2, 0.25) is 0 Å². The Morgan fingerprint density at radius 1 is 1.24 bits per heavy atom. The molecule has 1 N–H and O–H groups in total. The zero-order valence-electron chi connectivity index (χ0n) is 10.7. The average molecular weight is 234 g/mol. The third-order valence-electron chi connectivity index (χ3n) is 3.95. The van der Waals surface area contributed by atoms with E-state index in [4.69, 9.17) is 4.98 Å². The molecule has 0 spiro atoms. The Morgan fingerprint density at radius 2 is 2.00 bits per heavy atom. The van der Waals surface area contributed by atoms with Gasteiger partial charge >= 0.3 is 0 Å². The molecule has 2 aliphatic carbocycles. The molecule has 1 aromatic heterocycles. The van der Waals surface area contributed by atoms with Crippen LogP contribution in [0.1, 0.15) is 56.1 Å². The summed E-state index contributed by atoms with van der Waals surface area (Å²) < 4.78 is 1.97. The summed E-state index contributed by atoms with van der Waals surface area (Å²) >= 11 is 0. The molecule has 0 aliphatic heterocycles. The number of hydrogen-bond donors (Lipinski definition) is 1. The first-order chi connectivity index (χ1) is 8.33. The zero-order chi connectivity index (χ0) is 11.7. The van der Waals surface area contributed by atoms with Gasteiger partial charge in [-0.2, -0.15) is 5.10 Å². The first kappa shape index (κ1) is 11.2. The van der Waals surface area contributed by atoms with Gasteiger partial charge in [-0.15, -0.1) is 0 Å². The predicted molar refractivity (Wildman–Crippen MR) is 66.9 cm³/mol. The molecule has 2 fully saturated rings. The van der Waals surface area contributed by atoms with Crippen molar-refractivity contribution in [2.24, 2.45) is 7.05 Å². The quantitative estimate of drug-likeness (QED) is 0.844. The number of rotatable bonds is 5. The molecule has 2 saturated carbocycles. The van der Waals surface area contributed by atoms with E-state index in [1.54, 1.807) is 0 Å². The first-order valence-electron chi connectivity index (χ1n) is 6.96. The van der Waals surface area contributed by atoms with Crippen molar-refractivity contribution in [2.75, 3.05) is 6.54 Å². The first-order valence-corrected chi connectivity index (χ1v) is 6.96. The molecule has 0 aromatic carbocycles. The van der Waals surface area contributed by atoms with Crippen LogP contribution in [0, 0.1) is 0 Å². The monoisotopic (exact) mass is 234 g/mol. The molecule has 2 aliphatic rings. The van der Waals surface area contributed by atoms with Gasteiger partial charge in [0.05, 0.1) is 0 Å². The van der Waals surface area contributed by atoms with Crippen molar-refractivity contribution in [3.8, 4) is 0 Å². The highest BCUT2D eigenvalue weighted by molar-refractivity contribution is 5.01. The lowest BCUT2D eigenvalue weighted by molar-refractivity contribution is 0.624. The molecule has 0 unspecified atom stereocenters. The fourth-order valence-corrected chi connectivity index (χ4v) is 2.69. The standard InChI is InChI=1S/C13H22N4/c1-17-12(8-9-14-11-6-7-11)15-13(16-17)10-4-2-3-5-10/h10-11,14H,2-9H2,1H3. The van der Waals surface area contributed by atoms with Gasteiger partial charge in [-0.3, -0.25) is 4.68 Å². The summed E-state index contributed by atoms with van der Waals surface area (Å²) in [6.45, 7) is 1.04. The van der Waals surface area contributed by atoms with Crippen LogP contribution < -0.4 is 5.32 Å². The van der Waals surface area contributed by atoms with E-state index in [0.29, 0.717) is 5.92 Å². The maximum absolute atomic E-state index is 4.72. The van der Waals surface area contributed by atoms with Crippen LogP contribution in [0.2, 0.25) is 0 Å². The number of aromatic nitrogens is 3. The van der Waals surface area contributed by atoms with Gasteiger partial charge in [0, 0.05) is 32.0 Å². The third kappa shape index (κ3) is 2.68. The molecule has 0 radical (unpaired) electrons. The number of nitrogens with zero attached hydrogens (tertiary/aromatic N) is 3. The molecule has 0 bridgehead atoms. The molecule has 1 aromatic rings. The molecule has 1 heterocycles. The fraction of sp³-hybridized carbons (Fsp3) is 0.846. The number of nitrogens with one attached hydrogen (secondary N) is 1. The van der Waals surface area contributed by atoms with E-state index in [9.17, 15) is 0 Å². The second kappa shape index (κ2) is 4.77. The van der Waals surface area contributed by atoms with E-state index in [0.717, 1.165) is 30.7 Å². The van der Waals surface area contributed by atoms with Crippen molar-refractivity contribution >= 4 is 0 Å². The van der Waals surface area contributed by atoms with Gasteiger partial charge in [0.1, 0.15) is 5.82 Å². The summed E-state index contributed by atoms with van der Waals surface area (Å²) in [5.41, 5.74) is 0. The normalized spacial score (nSPS) is 21.2. The topological polar surface area (TPSA) is 42.7 Å². The van der Waals surface area contributed by atoms with Crippen LogP contribution in [-0.4, -0.2) is 27.4 Å². The van der Waals surface area contributed by atoms with E-state index in [2.05, 4.69) is 10.4 Å². The van der Waals surface area contributed by atoms with E-state index >= 15 is 0 Å². The SMILES string of the molecule is Cn1nc(C2CCCC2)nc1CCNC1CC1. The van der Waals surface area contributed by atoms with Crippen molar-refractivity contribution in [3.63, 3.8) is 0 Å². The lowest BCUT2D eigenvalue weighted by Gasteiger charge is -2.01. The lowest BCUT2D eigenvalue weighted by Crippen LogP contribution is -2.20. The van der Waals surface area contributed by atoms with Crippen LogP contribution in [-0.2, 0) is 13.5 Å². The molecule has 0 saturated heterocycles. The van der Waals surface area contributed by atoms with E-state index in [1.807, 2.05) is 11.7 Å². The summed E-state index contributed by atoms with van der Waals surface area (Å²) in [6, 6.07) is 0.789. The minimum Gasteiger partial charge on any atom is -0.314 e. The summed E-state index contributed by atoms with van der Waals surface area (Å²) in [5, 5.41) is 8.11. The molecular formula is C13H22N4. The van der Waals surface area contributed by atoms with Crippen LogP contribution in [0.4, 0.5) is 0 Å². The summed E-state index contributed by atoms with van der Waals surface area (Å²) in [6.07, 6.45) is 8.97. The minimum atomic E-state index is 0.631. The van der Waals surface area contributed by atoms with Crippen molar-refractivity contribution in [3.05, 3.63) is 11.6 Å². The Morgan fingerprint density at radius 3 is 2.71 bits per heavy atom. The van der Waals surface area contributed by atoms with Crippen molar-refractivity contribution in [2.45, 2.75) is 56.9 Å². The molecule has 17 heavy (non-hydrogen) atoms. The Bertz CT molecular complexity index is 375. The second-order valence-corrected chi connectivity index (χ2v) is 5.47. The van der Waals surface area contributed by atoms with Gasteiger partial charge in [0.25, 0.3) is 0 Å². The van der Waals surface area contributed by atoms with Crippen LogP contribution >= 0.6 is 0 Å². The highest BCUT2D eigenvalue weighted by Crippen LogP contribution is 2.32. The predicted octanol–water partition coefficient (Wildman–Crippen LogP) is 1.77. The second-order valence-electron chi connectivity index (χ2n) is 5.47. The smallest absolute Gasteiger partial charge is 0.154 e. The Kier molecular flexibility index (Phi) is 3.14. The number of aryl methyl sites for hydroxylation is 1. The molecule has 3 rings (SSSR count). The van der Waals surface area contributed by atoms with Crippen LogP contribution in [0.3, 0.4) is 0 Å². The number of hydrogen-bond acceptors (Lipinski definition) is 3. The Balaban J connectivity index is 1.58. The maximum atomic E-state index is 4.72. The molecule has 4 nitrogen and oxygen atoms in total. The molecule has 94 valence electrons. The highest BCUT2D eigenvalue weighted by atomic mass is 15.3. The van der Waals surface area contributed by atoms with Gasteiger partial charge in [-0.25, -0.2) is 4.98 Å². The van der Waals surface area contributed by atoms with E-state index < -0.39 is 0 Å². The summed E-state index contributed by atoms with van der Waals surface area (Å²) in [4.78, 5) is 4.72. The van der Waals surface area contributed by atoms with E-state index in [-0.39, 0.29) is 0 Å². The average Bonchev–Trinajstić information content (AvgIpc) is 2.85. The third-order valence-corrected chi connectivity index (χ3v) is 3.95. The molecule has 0 atom stereocenters. The van der Waals surface area contributed by atoms with Crippen LogP contribution in [0.5, 0.6) is 0 Å². The maximum Gasteiger partial charge on any atom is 0.154 e. The summed E-state index contributed by atoms with van der Waals surface area (Å²) in [5.74, 6) is 2.86. The summed E-state index contributed by atoms with van der Waals surface area (Å²) in [7, 11) is 2.03. The van der Waals surface area contributed by atoms with E-state index in [1.165, 1.54) is 38.5 Å². The lowest BCUT2D eigenvalue weighted by atomic mass is 10.1. The molecular weight excluding hydrogens is 212 g/mol. The van der Waals surface area contributed by atoms with Crippen LogP contribution in [0.25, 0.3) is 0 Å². The van der Waals surface area contributed by atoms with Crippen LogP contribution in [0.15, 0.2) is 0 Å². The van der Waals surface area contributed by atoms with Gasteiger partial charge < -0.3 is 5.32 Å². The molecule has 0 amide bonds. The van der Waals surface area contributed by atoms with Crippen molar-refractivity contribution in [1.29, 1.82) is 0 Å². The van der Waals surface area contributed by atoms with Crippen molar-refractivity contribution < 1.29 is 0 Å². The van der Waals surface area contributed by atoms with Gasteiger partial charge in [-0.05, 0) is 25.7 Å². The Labute approximate surface area is 103 Å². The van der Waals surface area contributed by atoms with Gasteiger partial charge in [0.15, 0.2) is 5.82 Å². The molecule has 4 heteroatoms. The van der Waals surface area contributed by atoms with Crippen molar-refractivity contribution in [1.82, 2.24) is 20.1 Å². The highest BCUT2D eigenvalue weighted by Gasteiger charge is 2.23. The largest absolute Gasteiger partial charge is 0.314 e. The van der Waals surface area contributed by atoms with Gasteiger partial charge in [-0.1, -0.05) is 12.8 Å². The fourth-order valence-electron chi connectivity index (χ4n) is 2.69. The minimum absolute atomic E-state index is 0.631. The zero-order valence-corrected chi connectivity index (χ0v) is 10.7.